The van der Waals surface area contributed by atoms with Gasteiger partial charge in [0, 0.05) is 30.9 Å². The third-order valence-electron chi connectivity index (χ3n) is 3.84. The van der Waals surface area contributed by atoms with Crippen molar-refractivity contribution in [3.63, 3.8) is 0 Å². The zero-order valence-electron chi connectivity index (χ0n) is 13.7. The molecule has 0 fully saturated rings. The van der Waals surface area contributed by atoms with Gasteiger partial charge in [-0.3, -0.25) is 14.8 Å². The molecular formula is C14H16F2N4O4S. The highest BCUT2D eigenvalue weighted by molar-refractivity contribution is 7.91. The molecular weight excluding hydrogens is 358 g/mol. The number of rotatable bonds is 6. The Hall–Kier alpha value is -2.56. The first-order valence-corrected chi connectivity index (χ1v) is 8.63. The monoisotopic (exact) mass is 374 g/mol. The van der Waals surface area contributed by atoms with Gasteiger partial charge in [0.25, 0.3) is 5.69 Å². The summed E-state index contributed by atoms with van der Waals surface area (Å²) in [5.74, 6) is -3.65. The van der Waals surface area contributed by atoms with Crippen LogP contribution in [0.4, 0.5) is 20.2 Å². The van der Waals surface area contributed by atoms with Gasteiger partial charge in [0.1, 0.15) is 5.69 Å². The molecule has 1 aromatic carbocycles. The maximum atomic E-state index is 12.6. The summed E-state index contributed by atoms with van der Waals surface area (Å²) in [6.07, 6.45) is 0. The van der Waals surface area contributed by atoms with Crippen LogP contribution in [0.3, 0.4) is 0 Å². The van der Waals surface area contributed by atoms with Crippen LogP contribution in [0.15, 0.2) is 23.1 Å². The number of alkyl halides is 2. The van der Waals surface area contributed by atoms with E-state index in [0.29, 0.717) is 6.07 Å². The van der Waals surface area contributed by atoms with Crippen molar-refractivity contribution in [1.29, 1.82) is 0 Å². The molecule has 0 saturated carbocycles. The maximum Gasteiger partial charge on any atom is 0.341 e. The maximum absolute atomic E-state index is 12.6. The molecule has 1 heterocycles. The Labute approximate surface area is 142 Å². The molecule has 0 aliphatic heterocycles. The molecule has 2 rings (SSSR count). The van der Waals surface area contributed by atoms with Crippen molar-refractivity contribution in [3.05, 3.63) is 45.3 Å². The molecule has 0 atom stereocenters. The highest BCUT2D eigenvalue weighted by Crippen LogP contribution is 2.30. The molecule has 0 amide bonds. The fourth-order valence-corrected chi connectivity index (χ4v) is 3.09. The van der Waals surface area contributed by atoms with Crippen molar-refractivity contribution >= 4 is 21.2 Å². The summed E-state index contributed by atoms with van der Waals surface area (Å²) in [6, 6.07) is 2.65. The molecule has 0 radical (unpaired) electrons. The van der Waals surface area contributed by atoms with Gasteiger partial charge in [-0.15, -0.1) is 0 Å². The summed E-state index contributed by atoms with van der Waals surface area (Å²) in [7, 11) is -3.14. The second-order valence-electron chi connectivity index (χ2n) is 5.37. The van der Waals surface area contributed by atoms with E-state index in [1.165, 1.54) is 0 Å². The quantitative estimate of drug-likeness (QED) is 0.615. The van der Waals surface area contributed by atoms with Crippen LogP contribution in [0.1, 0.15) is 17.0 Å². The van der Waals surface area contributed by atoms with E-state index in [1.54, 1.807) is 18.7 Å². The molecule has 0 bridgehead atoms. The smallest absolute Gasteiger partial charge is 0.341 e. The van der Waals surface area contributed by atoms with Crippen molar-refractivity contribution in [2.75, 3.05) is 5.32 Å². The number of halogens is 2. The van der Waals surface area contributed by atoms with E-state index in [2.05, 4.69) is 10.4 Å². The topological polar surface area (TPSA) is 107 Å². The van der Waals surface area contributed by atoms with Crippen LogP contribution in [0.25, 0.3) is 0 Å². The van der Waals surface area contributed by atoms with Gasteiger partial charge >= 0.3 is 5.76 Å². The number of anilines is 1. The minimum atomic E-state index is -4.91. The SMILES string of the molecule is Cc1nn(C)c(C)c1CNc1ccc(S(=O)(=O)C(F)F)cc1[N+](=O)[O-]. The Kier molecular flexibility index (Phi) is 5.07. The summed E-state index contributed by atoms with van der Waals surface area (Å²) in [5, 5.41) is 18.2. The first-order valence-electron chi connectivity index (χ1n) is 7.09. The summed E-state index contributed by atoms with van der Waals surface area (Å²) in [5.41, 5.74) is 1.87. The second-order valence-corrected chi connectivity index (χ2v) is 7.29. The van der Waals surface area contributed by atoms with Crippen LogP contribution in [-0.2, 0) is 23.4 Å². The van der Waals surface area contributed by atoms with Crippen molar-refractivity contribution in [3.8, 4) is 0 Å². The lowest BCUT2D eigenvalue weighted by Crippen LogP contribution is -2.12. The Morgan fingerprint density at radius 3 is 2.48 bits per heavy atom. The van der Waals surface area contributed by atoms with E-state index in [1.807, 2.05) is 6.92 Å². The normalized spacial score (nSPS) is 11.8. The van der Waals surface area contributed by atoms with E-state index in [9.17, 15) is 27.3 Å². The molecule has 0 saturated heterocycles. The molecule has 11 heteroatoms. The highest BCUT2D eigenvalue weighted by atomic mass is 32.2. The van der Waals surface area contributed by atoms with Crippen LogP contribution in [0.2, 0.25) is 0 Å². The zero-order valence-corrected chi connectivity index (χ0v) is 14.5. The van der Waals surface area contributed by atoms with E-state index in [4.69, 9.17) is 0 Å². The molecule has 0 unspecified atom stereocenters. The Balaban J connectivity index is 2.37. The van der Waals surface area contributed by atoms with Crippen LogP contribution >= 0.6 is 0 Å². The van der Waals surface area contributed by atoms with Crippen molar-refractivity contribution in [2.24, 2.45) is 7.05 Å². The number of aromatic nitrogens is 2. The van der Waals surface area contributed by atoms with E-state index < -0.39 is 31.1 Å². The van der Waals surface area contributed by atoms with Crippen molar-refractivity contribution < 1.29 is 22.1 Å². The molecule has 0 aliphatic carbocycles. The number of benzene rings is 1. The third-order valence-corrected chi connectivity index (χ3v) is 5.22. The van der Waals surface area contributed by atoms with Gasteiger partial charge in [0.15, 0.2) is 0 Å². The molecule has 136 valence electrons. The summed E-state index contributed by atoms with van der Waals surface area (Å²) in [4.78, 5) is 9.57. The lowest BCUT2D eigenvalue weighted by atomic mass is 10.2. The van der Waals surface area contributed by atoms with Crippen LogP contribution in [-0.4, -0.2) is 28.9 Å². The average Bonchev–Trinajstić information content (AvgIpc) is 2.77. The fraction of sp³-hybridized carbons (Fsp3) is 0.357. The van der Waals surface area contributed by atoms with Gasteiger partial charge in [-0.2, -0.15) is 13.9 Å². The minimum absolute atomic E-state index is 0.0286. The number of nitro groups is 1. The Bertz CT molecular complexity index is 925. The van der Waals surface area contributed by atoms with Gasteiger partial charge in [0.2, 0.25) is 9.84 Å². The molecule has 8 nitrogen and oxygen atoms in total. The van der Waals surface area contributed by atoms with Crippen LogP contribution in [0, 0.1) is 24.0 Å². The Morgan fingerprint density at radius 1 is 1.36 bits per heavy atom. The summed E-state index contributed by atoms with van der Waals surface area (Å²) < 4.78 is 49.9. The predicted molar refractivity (Wildman–Crippen MR) is 86.3 cm³/mol. The number of hydrogen-bond donors (Lipinski definition) is 1. The van der Waals surface area contributed by atoms with Gasteiger partial charge in [-0.1, -0.05) is 0 Å². The average molecular weight is 374 g/mol. The van der Waals surface area contributed by atoms with Gasteiger partial charge in [0.05, 0.1) is 15.5 Å². The van der Waals surface area contributed by atoms with Gasteiger partial charge < -0.3 is 5.32 Å². The van der Waals surface area contributed by atoms with E-state index in [-0.39, 0.29) is 12.2 Å². The number of aryl methyl sites for hydroxylation is 2. The second kappa shape index (κ2) is 6.75. The van der Waals surface area contributed by atoms with E-state index >= 15 is 0 Å². The third kappa shape index (κ3) is 3.60. The molecule has 1 aromatic heterocycles. The zero-order chi connectivity index (χ0) is 18.9. The Morgan fingerprint density at radius 2 is 2.00 bits per heavy atom. The fourth-order valence-electron chi connectivity index (χ4n) is 2.35. The number of nitro benzene ring substituents is 1. The highest BCUT2D eigenvalue weighted by Gasteiger charge is 2.29. The molecule has 0 aliphatic rings. The first-order chi connectivity index (χ1) is 11.6. The van der Waals surface area contributed by atoms with E-state index in [0.717, 1.165) is 29.1 Å². The standard InChI is InChI=1S/C14H16F2N4O4S/c1-8-11(9(2)19(3)18-8)7-17-12-5-4-10(6-13(12)20(21)22)25(23,24)14(15)16/h4-6,14,17H,7H2,1-3H3. The molecule has 1 N–H and O–H groups in total. The van der Waals surface area contributed by atoms with Gasteiger partial charge in [-0.25, -0.2) is 8.42 Å². The number of nitrogens with zero attached hydrogens (tertiary/aromatic N) is 3. The van der Waals surface area contributed by atoms with Crippen LogP contribution in [0.5, 0.6) is 0 Å². The lowest BCUT2D eigenvalue weighted by molar-refractivity contribution is -0.384. The van der Waals surface area contributed by atoms with Crippen molar-refractivity contribution in [1.82, 2.24) is 9.78 Å². The summed E-state index contributed by atoms with van der Waals surface area (Å²) in [6.45, 7) is 3.84. The lowest BCUT2D eigenvalue weighted by Gasteiger charge is -2.09. The first kappa shape index (κ1) is 18.8. The minimum Gasteiger partial charge on any atom is -0.375 e. The largest absolute Gasteiger partial charge is 0.375 e. The van der Waals surface area contributed by atoms with Gasteiger partial charge in [-0.05, 0) is 26.0 Å². The number of sulfone groups is 1. The van der Waals surface area contributed by atoms with Crippen molar-refractivity contribution in [2.45, 2.75) is 31.0 Å². The molecule has 2 aromatic rings. The van der Waals surface area contributed by atoms with Crippen LogP contribution < -0.4 is 5.32 Å². The molecule has 0 spiro atoms. The summed E-state index contributed by atoms with van der Waals surface area (Å²) >= 11 is 0. The molecule has 25 heavy (non-hydrogen) atoms. The number of hydrogen-bond acceptors (Lipinski definition) is 6. The number of nitrogens with one attached hydrogen (secondary N) is 1. The predicted octanol–water partition coefficient (Wildman–Crippen LogP) is 2.55.